The summed E-state index contributed by atoms with van der Waals surface area (Å²) in [5.41, 5.74) is 1.62. The molecule has 0 aromatic carbocycles. The van der Waals surface area contributed by atoms with E-state index >= 15 is 0 Å². The maximum Gasteiger partial charge on any atom is 0.166 e. The Kier molecular flexibility index (Phi) is 3.04. The van der Waals surface area contributed by atoms with Crippen LogP contribution in [0.1, 0.15) is 30.8 Å². The van der Waals surface area contributed by atoms with Crippen LogP contribution >= 0.6 is 0 Å². The molecule has 0 radical (unpaired) electrons. The molecule has 0 N–H and O–H groups in total. The number of aldehydes is 1. The van der Waals surface area contributed by atoms with Gasteiger partial charge in [-0.05, 0) is 24.1 Å². The van der Waals surface area contributed by atoms with Crippen molar-refractivity contribution in [2.75, 3.05) is 0 Å². The minimum absolute atomic E-state index is 0.552. The number of carbonyl (C=O) groups excluding carboxylic acids is 1. The first-order valence-electron chi connectivity index (χ1n) is 5.65. The van der Waals surface area contributed by atoms with E-state index in [2.05, 4.69) is 18.8 Å². The first-order chi connectivity index (χ1) is 7.76. The van der Waals surface area contributed by atoms with Crippen LogP contribution in [0.3, 0.4) is 0 Å². The zero-order valence-electron chi connectivity index (χ0n) is 9.68. The van der Waals surface area contributed by atoms with Crippen LogP contribution in [0, 0.1) is 5.92 Å². The molecule has 3 nitrogen and oxygen atoms in total. The summed E-state index contributed by atoms with van der Waals surface area (Å²) < 4.78 is 2.01. The molecule has 3 heteroatoms. The Morgan fingerprint density at radius 3 is 3.06 bits per heavy atom. The number of hydrogen-bond acceptors (Lipinski definition) is 2. The fourth-order valence-electron chi connectivity index (χ4n) is 1.84. The molecular weight excluding hydrogens is 200 g/mol. The van der Waals surface area contributed by atoms with E-state index in [0.29, 0.717) is 11.6 Å². The highest BCUT2D eigenvalue weighted by Crippen LogP contribution is 2.18. The lowest BCUT2D eigenvalue weighted by atomic mass is 10.1. The highest BCUT2D eigenvalue weighted by atomic mass is 16.1. The molecule has 1 unspecified atom stereocenters. The summed E-state index contributed by atoms with van der Waals surface area (Å²) in [5.74, 6) is 0.552. The Labute approximate surface area is 95.1 Å². The van der Waals surface area contributed by atoms with Crippen molar-refractivity contribution >= 4 is 17.3 Å². The summed E-state index contributed by atoms with van der Waals surface area (Å²) in [6, 6.07) is 5.78. The third kappa shape index (κ3) is 1.85. The molecule has 84 valence electrons. The van der Waals surface area contributed by atoms with E-state index in [1.807, 2.05) is 22.8 Å². The Balaban J connectivity index is 2.51. The van der Waals surface area contributed by atoms with Gasteiger partial charge in [-0.25, -0.2) is 4.98 Å². The normalized spacial score (nSPS) is 12.9. The number of carbonyl (C=O) groups is 1. The van der Waals surface area contributed by atoms with Crippen LogP contribution in [0.15, 0.2) is 24.4 Å². The standard InChI is InChI=1S/C13H16N2O/c1-3-10(2)8-15-12(9-16)7-11-5-4-6-14-13(11)15/h4-7,9-10H,3,8H2,1-2H3. The first-order valence-corrected chi connectivity index (χ1v) is 5.65. The van der Waals surface area contributed by atoms with E-state index < -0.39 is 0 Å². The summed E-state index contributed by atoms with van der Waals surface area (Å²) >= 11 is 0. The van der Waals surface area contributed by atoms with Crippen molar-refractivity contribution in [1.29, 1.82) is 0 Å². The average Bonchev–Trinajstić information content (AvgIpc) is 2.67. The highest BCUT2D eigenvalue weighted by molar-refractivity contribution is 5.86. The summed E-state index contributed by atoms with van der Waals surface area (Å²) in [5, 5.41) is 1.04. The molecule has 2 rings (SSSR count). The van der Waals surface area contributed by atoms with Gasteiger partial charge in [0.05, 0.1) is 5.69 Å². The minimum Gasteiger partial charge on any atom is -0.323 e. The second-order valence-corrected chi connectivity index (χ2v) is 4.23. The maximum absolute atomic E-state index is 11.0. The number of pyridine rings is 1. The largest absolute Gasteiger partial charge is 0.323 e. The van der Waals surface area contributed by atoms with Gasteiger partial charge in [0.25, 0.3) is 0 Å². The van der Waals surface area contributed by atoms with Crippen LogP contribution in [-0.4, -0.2) is 15.8 Å². The van der Waals surface area contributed by atoms with Gasteiger partial charge in [-0.2, -0.15) is 0 Å². The van der Waals surface area contributed by atoms with Crippen molar-refractivity contribution in [3.8, 4) is 0 Å². The van der Waals surface area contributed by atoms with Gasteiger partial charge >= 0.3 is 0 Å². The van der Waals surface area contributed by atoms with E-state index in [9.17, 15) is 4.79 Å². The molecule has 0 aliphatic heterocycles. The topological polar surface area (TPSA) is 34.9 Å². The molecule has 0 amide bonds. The van der Waals surface area contributed by atoms with Gasteiger partial charge in [-0.3, -0.25) is 4.79 Å². The second-order valence-electron chi connectivity index (χ2n) is 4.23. The number of nitrogens with zero attached hydrogens (tertiary/aromatic N) is 2. The van der Waals surface area contributed by atoms with Gasteiger partial charge in [0.1, 0.15) is 5.65 Å². The molecule has 16 heavy (non-hydrogen) atoms. The van der Waals surface area contributed by atoms with E-state index in [0.717, 1.165) is 30.3 Å². The molecule has 0 fully saturated rings. The van der Waals surface area contributed by atoms with Gasteiger partial charge in [0.15, 0.2) is 6.29 Å². The third-order valence-electron chi connectivity index (χ3n) is 3.00. The lowest BCUT2D eigenvalue weighted by Crippen LogP contribution is -2.09. The zero-order valence-corrected chi connectivity index (χ0v) is 9.68. The maximum atomic E-state index is 11.0. The molecule has 0 spiro atoms. The first kappa shape index (κ1) is 10.9. The van der Waals surface area contributed by atoms with Crippen molar-refractivity contribution in [2.24, 2.45) is 5.92 Å². The molecule has 1 atom stereocenters. The summed E-state index contributed by atoms with van der Waals surface area (Å²) in [4.78, 5) is 15.4. The van der Waals surface area contributed by atoms with E-state index in [4.69, 9.17) is 0 Å². The minimum atomic E-state index is 0.552. The van der Waals surface area contributed by atoms with Crippen LogP contribution in [0.2, 0.25) is 0 Å². The highest BCUT2D eigenvalue weighted by Gasteiger charge is 2.10. The Morgan fingerprint density at radius 2 is 2.38 bits per heavy atom. The van der Waals surface area contributed by atoms with E-state index in [-0.39, 0.29) is 0 Å². The number of hydrogen-bond donors (Lipinski definition) is 0. The SMILES string of the molecule is CCC(C)Cn1c(C=O)cc2cccnc21. The molecular formula is C13H16N2O. The monoisotopic (exact) mass is 216 g/mol. The van der Waals surface area contributed by atoms with Crippen LogP contribution in [0.5, 0.6) is 0 Å². The molecule has 0 aliphatic carbocycles. The van der Waals surface area contributed by atoms with Gasteiger partial charge in [-0.15, -0.1) is 0 Å². The van der Waals surface area contributed by atoms with Gasteiger partial charge in [-0.1, -0.05) is 20.3 Å². The van der Waals surface area contributed by atoms with Crippen molar-refractivity contribution in [3.05, 3.63) is 30.1 Å². The lowest BCUT2D eigenvalue weighted by molar-refractivity contribution is 0.111. The Hall–Kier alpha value is -1.64. The molecule has 0 saturated heterocycles. The summed E-state index contributed by atoms with van der Waals surface area (Å²) in [6.07, 6.45) is 3.78. The molecule has 0 saturated carbocycles. The van der Waals surface area contributed by atoms with Crippen LogP contribution < -0.4 is 0 Å². The fourth-order valence-corrected chi connectivity index (χ4v) is 1.84. The van der Waals surface area contributed by atoms with Gasteiger partial charge in [0.2, 0.25) is 0 Å². The zero-order chi connectivity index (χ0) is 11.5. The molecule has 2 aromatic rings. The van der Waals surface area contributed by atoms with Gasteiger partial charge in [0, 0.05) is 18.1 Å². The van der Waals surface area contributed by atoms with Crippen LogP contribution in [0.4, 0.5) is 0 Å². The van der Waals surface area contributed by atoms with E-state index in [1.54, 1.807) is 6.20 Å². The predicted octanol–water partition coefficient (Wildman–Crippen LogP) is 2.89. The quantitative estimate of drug-likeness (QED) is 0.736. The van der Waals surface area contributed by atoms with Crippen molar-refractivity contribution in [3.63, 3.8) is 0 Å². The van der Waals surface area contributed by atoms with Crippen molar-refractivity contribution in [2.45, 2.75) is 26.8 Å². The molecule has 2 aromatic heterocycles. The Morgan fingerprint density at radius 1 is 1.56 bits per heavy atom. The fraction of sp³-hybridized carbons (Fsp3) is 0.385. The summed E-state index contributed by atoms with van der Waals surface area (Å²) in [7, 11) is 0. The molecule has 0 aliphatic rings. The Bertz CT molecular complexity index is 502. The van der Waals surface area contributed by atoms with Crippen molar-refractivity contribution in [1.82, 2.24) is 9.55 Å². The average molecular weight is 216 g/mol. The number of fused-ring (bicyclic) bond motifs is 1. The third-order valence-corrected chi connectivity index (χ3v) is 3.00. The molecule has 0 bridgehead atoms. The van der Waals surface area contributed by atoms with E-state index in [1.165, 1.54) is 0 Å². The number of rotatable bonds is 4. The number of aromatic nitrogens is 2. The summed E-state index contributed by atoms with van der Waals surface area (Å²) in [6.45, 7) is 5.19. The van der Waals surface area contributed by atoms with Crippen molar-refractivity contribution < 1.29 is 4.79 Å². The predicted molar refractivity (Wildman–Crippen MR) is 64.6 cm³/mol. The smallest absolute Gasteiger partial charge is 0.166 e. The van der Waals surface area contributed by atoms with Crippen LogP contribution in [-0.2, 0) is 6.54 Å². The molecule has 2 heterocycles. The van der Waals surface area contributed by atoms with Crippen LogP contribution in [0.25, 0.3) is 11.0 Å². The second kappa shape index (κ2) is 4.47. The van der Waals surface area contributed by atoms with Gasteiger partial charge < -0.3 is 4.57 Å². The lowest BCUT2D eigenvalue weighted by Gasteiger charge is -2.11.